The van der Waals surface area contributed by atoms with Gasteiger partial charge in [-0.2, -0.15) is 10.5 Å². The molecule has 3 aromatic carbocycles. The fraction of sp³-hybridized carbons (Fsp3) is 0.259. The van der Waals surface area contributed by atoms with Crippen LogP contribution in [0.4, 0.5) is 0 Å². The molecule has 0 aromatic heterocycles. The Hall–Kier alpha value is -2.76. The largest absolute Gasteiger partial charge is 0.306 e. The molecule has 0 heterocycles. The van der Waals surface area contributed by atoms with E-state index in [1.165, 1.54) is 10.5 Å². The lowest BCUT2D eigenvalue weighted by atomic mass is 9.85. The molecule has 0 amide bonds. The van der Waals surface area contributed by atoms with Crippen molar-refractivity contribution in [3.63, 3.8) is 0 Å². The summed E-state index contributed by atoms with van der Waals surface area (Å²) < 4.78 is 0. The Kier molecular flexibility index (Phi) is 8.77. The minimum atomic E-state index is -0.0750. The Labute approximate surface area is 200 Å². The fourth-order valence-electron chi connectivity index (χ4n) is 3.95. The number of benzene rings is 3. The third-order valence-corrected chi connectivity index (χ3v) is 6.65. The van der Waals surface area contributed by atoms with Crippen LogP contribution in [-0.4, -0.2) is 12.3 Å². The van der Waals surface area contributed by atoms with Crippen LogP contribution in [0, 0.1) is 22.7 Å². The van der Waals surface area contributed by atoms with Gasteiger partial charge in [-0.3, -0.25) is 0 Å². The first-order chi connectivity index (χ1) is 15.5. The van der Waals surface area contributed by atoms with E-state index in [-0.39, 0.29) is 18.0 Å². The molecular formula is C27H26ClN3S. The number of nitrogens with zero attached hydrogens (tertiary/aromatic N) is 2. The summed E-state index contributed by atoms with van der Waals surface area (Å²) in [4.78, 5) is 1.18. The van der Waals surface area contributed by atoms with Gasteiger partial charge in [-0.1, -0.05) is 48.0 Å². The fourth-order valence-corrected chi connectivity index (χ4v) is 4.55. The molecular weight excluding hydrogens is 434 g/mol. The van der Waals surface area contributed by atoms with Gasteiger partial charge in [-0.05, 0) is 72.7 Å². The molecule has 2 unspecified atom stereocenters. The molecule has 0 saturated heterocycles. The SMILES string of the molecule is CSc1cccc([C@H](CC#N)NC(C)C(Cc2ccc(Cl)cc2)c2cccc(C#N)c2)c1. The number of halogens is 1. The average Bonchev–Trinajstić information content (AvgIpc) is 2.83. The quantitative estimate of drug-likeness (QED) is 0.354. The maximum Gasteiger partial charge on any atom is 0.0991 e. The van der Waals surface area contributed by atoms with Crippen molar-refractivity contribution in [2.24, 2.45) is 0 Å². The van der Waals surface area contributed by atoms with Crippen molar-refractivity contribution < 1.29 is 0 Å². The topological polar surface area (TPSA) is 59.6 Å². The lowest BCUT2D eigenvalue weighted by molar-refractivity contribution is 0.400. The van der Waals surface area contributed by atoms with Gasteiger partial charge in [0.2, 0.25) is 0 Å². The summed E-state index contributed by atoms with van der Waals surface area (Å²) in [5, 5.41) is 23.3. The van der Waals surface area contributed by atoms with Crippen LogP contribution in [0.2, 0.25) is 5.02 Å². The van der Waals surface area contributed by atoms with Gasteiger partial charge in [-0.15, -0.1) is 11.8 Å². The average molecular weight is 460 g/mol. The third kappa shape index (κ3) is 6.38. The molecule has 0 radical (unpaired) electrons. The number of hydrogen-bond donors (Lipinski definition) is 1. The van der Waals surface area contributed by atoms with E-state index in [0.29, 0.717) is 17.0 Å². The number of hydrogen-bond acceptors (Lipinski definition) is 4. The van der Waals surface area contributed by atoms with E-state index >= 15 is 0 Å². The Morgan fingerprint density at radius 2 is 1.69 bits per heavy atom. The van der Waals surface area contributed by atoms with Gasteiger partial charge >= 0.3 is 0 Å². The van der Waals surface area contributed by atoms with Crippen LogP contribution in [0.5, 0.6) is 0 Å². The van der Waals surface area contributed by atoms with Gasteiger partial charge in [-0.25, -0.2) is 0 Å². The van der Waals surface area contributed by atoms with Gasteiger partial charge < -0.3 is 5.32 Å². The summed E-state index contributed by atoms with van der Waals surface area (Å²) >= 11 is 7.78. The van der Waals surface area contributed by atoms with E-state index < -0.39 is 0 Å². The summed E-state index contributed by atoms with van der Waals surface area (Å²) in [7, 11) is 0. The molecule has 0 aliphatic carbocycles. The molecule has 32 heavy (non-hydrogen) atoms. The Morgan fingerprint density at radius 1 is 0.969 bits per heavy atom. The minimum Gasteiger partial charge on any atom is -0.306 e. The van der Waals surface area contributed by atoms with Gasteiger partial charge in [0.1, 0.15) is 0 Å². The molecule has 0 spiro atoms. The lowest BCUT2D eigenvalue weighted by Crippen LogP contribution is -2.36. The molecule has 162 valence electrons. The number of thioether (sulfide) groups is 1. The van der Waals surface area contributed by atoms with Crippen LogP contribution in [0.25, 0.3) is 0 Å². The van der Waals surface area contributed by atoms with Crippen LogP contribution in [0.3, 0.4) is 0 Å². The third-order valence-electron chi connectivity index (χ3n) is 5.67. The number of rotatable bonds is 9. The first-order valence-corrected chi connectivity index (χ1v) is 12.2. The summed E-state index contributed by atoms with van der Waals surface area (Å²) in [5.74, 6) is 0.120. The molecule has 3 rings (SSSR count). The van der Waals surface area contributed by atoms with E-state index in [2.05, 4.69) is 54.9 Å². The highest BCUT2D eigenvalue weighted by Crippen LogP contribution is 2.29. The smallest absolute Gasteiger partial charge is 0.0991 e. The van der Waals surface area contributed by atoms with Crippen LogP contribution in [0.15, 0.2) is 77.7 Å². The Morgan fingerprint density at radius 3 is 2.38 bits per heavy atom. The molecule has 0 aliphatic rings. The zero-order chi connectivity index (χ0) is 22.9. The van der Waals surface area contributed by atoms with Crippen LogP contribution in [0.1, 0.15) is 47.6 Å². The molecule has 0 bridgehead atoms. The van der Waals surface area contributed by atoms with E-state index in [1.54, 1.807) is 11.8 Å². The summed E-state index contributed by atoms with van der Waals surface area (Å²) in [6.45, 7) is 2.16. The molecule has 3 atom stereocenters. The van der Waals surface area contributed by atoms with Crippen LogP contribution in [-0.2, 0) is 6.42 Å². The van der Waals surface area contributed by atoms with Gasteiger partial charge in [0, 0.05) is 27.9 Å². The van der Waals surface area contributed by atoms with Crippen molar-refractivity contribution in [3.05, 3.63) is 100 Å². The highest BCUT2D eigenvalue weighted by atomic mass is 35.5. The van der Waals surface area contributed by atoms with E-state index in [1.807, 2.05) is 48.5 Å². The first-order valence-electron chi connectivity index (χ1n) is 10.6. The predicted octanol–water partition coefficient (Wildman–Crippen LogP) is 6.89. The minimum absolute atomic E-state index is 0.0657. The van der Waals surface area contributed by atoms with Crippen molar-refractivity contribution in [3.8, 4) is 12.1 Å². The lowest BCUT2D eigenvalue weighted by Gasteiger charge is -2.30. The van der Waals surface area contributed by atoms with Crippen molar-refractivity contribution in [1.29, 1.82) is 10.5 Å². The molecule has 0 saturated carbocycles. The van der Waals surface area contributed by atoms with E-state index in [9.17, 15) is 10.5 Å². The second-order valence-electron chi connectivity index (χ2n) is 7.82. The van der Waals surface area contributed by atoms with Crippen LogP contribution >= 0.6 is 23.4 Å². The van der Waals surface area contributed by atoms with Crippen molar-refractivity contribution in [1.82, 2.24) is 5.32 Å². The van der Waals surface area contributed by atoms with Gasteiger partial charge in [0.05, 0.1) is 24.1 Å². The molecule has 3 nitrogen and oxygen atoms in total. The number of nitrogens with one attached hydrogen (secondary N) is 1. The molecule has 5 heteroatoms. The zero-order valence-electron chi connectivity index (χ0n) is 18.3. The number of nitriles is 2. The van der Waals surface area contributed by atoms with E-state index in [0.717, 1.165) is 17.5 Å². The Balaban J connectivity index is 1.91. The highest BCUT2D eigenvalue weighted by molar-refractivity contribution is 7.98. The zero-order valence-corrected chi connectivity index (χ0v) is 19.8. The first kappa shape index (κ1) is 23.9. The van der Waals surface area contributed by atoms with Crippen molar-refractivity contribution >= 4 is 23.4 Å². The summed E-state index contributed by atoms with van der Waals surface area (Å²) in [6.07, 6.45) is 3.23. The molecule has 1 N–H and O–H groups in total. The Bertz CT molecular complexity index is 1110. The van der Waals surface area contributed by atoms with E-state index in [4.69, 9.17) is 11.6 Å². The summed E-state index contributed by atoms with van der Waals surface area (Å²) in [5.41, 5.74) is 4.04. The van der Waals surface area contributed by atoms with Crippen LogP contribution < -0.4 is 5.32 Å². The molecule has 0 fully saturated rings. The van der Waals surface area contributed by atoms with Gasteiger partial charge in [0.25, 0.3) is 0 Å². The summed E-state index contributed by atoms with van der Waals surface area (Å²) in [6, 6.07) is 28.6. The maximum atomic E-state index is 9.48. The molecule has 3 aromatic rings. The second kappa shape index (κ2) is 11.7. The predicted molar refractivity (Wildman–Crippen MR) is 133 cm³/mol. The monoisotopic (exact) mass is 459 g/mol. The highest BCUT2D eigenvalue weighted by Gasteiger charge is 2.24. The van der Waals surface area contributed by atoms with Crippen molar-refractivity contribution in [2.75, 3.05) is 6.26 Å². The standard InChI is InChI=1S/C27H26ClN3S/c1-19(31-27(13-14-29)23-7-4-8-25(17-23)32-2)26(16-20-9-11-24(28)12-10-20)22-6-3-5-21(15-22)18-30/h3-12,15,17,19,26-27,31H,13,16H2,1-2H3/t19?,26?,27-/m0/s1. The van der Waals surface area contributed by atoms with Gasteiger partial charge in [0.15, 0.2) is 0 Å². The van der Waals surface area contributed by atoms with Crippen molar-refractivity contribution in [2.45, 2.75) is 42.7 Å². The second-order valence-corrected chi connectivity index (χ2v) is 9.14. The normalized spacial score (nSPS) is 13.5. The maximum absolute atomic E-state index is 9.48. The molecule has 0 aliphatic heterocycles.